The summed E-state index contributed by atoms with van der Waals surface area (Å²) in [5.41, 5.74) is 1.09. The number of thioether (sulfide) groups is 1. The average Bonchev–Trinajstić information content (AvgIpc) is 2.85. The van der Waals surface area contributed by atoms with E-state index in [9.17, 15) is 8.42 Å². The van der Waals surface area contributed by atoms with Gasteiger partial charge in [-0.15, -0.1) is 0 Å². The van der Waals surface area contributed by atoms with E-state index in [0.29, 0.717) is 6.04 Å². The molecule has 0 radical (unpaired) electrons. The van der Waals surface area contributed by atoms with Crippen molar-refractivity contribution in [3.8, 4) is 0 Å². The molecule has 1 fully saturated rings. The van der Waals surface area contributed by atoms with Gasteiger partial charge in [0.15, 0.2) is 0 Å². The molecule has 1 aliphatic rings. The minimum atomic E-state index is -3.60. The minimum absolute atomic E-state index is 0.164. The fourth-order valence-electron chi connectivity index (χ4n) is 2.70. The molecule has 20 heavy (non-hydrogen) atoms. The Hall–Kier alpha value is -0.560. The van der Waals surface area contributed by atoms with Crippen molar-refractivity contribution in [2.24, 2.45) is 5.14 Å². The fourth-order valence-corrected chi connectivity index (χ4v) is 4.01. The maximum absolute atomic E-state index is 11.2. The van der Waals surface area contributed by atoms with Gasteiger partial charge in [-0.2, -0.15) is 11.8 Å². The summed E-state index contributed by atoms with van der Waals surface area (Å²) in [6.07, 6.45) is 5.87. The molecule has 2 rings (SSSR count). The number of nitrogens with one attached hydrogen (secondary N) is 1. The zero-order chi connectivity index (χ0) is 14.8. The number of hydrogen-bond donors (Lipinski definition) is 2. The zero-order valence-corrected chi connectivity index (χ0v) is 13.5. The van der Waals surface area contributed by atoms with Gasteiger partial charge in [-0.1, -0.05) is 12.1 Å². The quantitative estimate of drug-likeness (QED) is 0.874. The van der Waals surface area contributed by atoms with Crippen LogP contribution in [-0.4, -0.2) is 26.0 Å². The van der Waals surface area contributed by atoms with Crippen LogP contribution in [0.2, 0.25) is 0 Å². The molecule has 6 heteroatoms. The largest absolute Gasteiger partial charge is 0.307 e. The van der Waals surface area contributed by atoms with E-state index in [-0.39, 0.29) is 10.9 Å². The molecular weight excluding hydrogens is 292 g/mol. The van der Waals surface area contributed by atoms with Gasteiger partial charge in [0.2, 0.25) is 10.0 Å². The predicted molar refractivity (Wildman–Crippen MR) is 84.3 cm³/mol. The molecule has 3 unspecified atom stereocenters. The second-order valence-corrected chi connectivity index (χ2v) is 8.07. The van der Waals surface area contributed by atoms with Crippen LogP contribution in [0, 0.1) is 0 Å². The Bertz CT molecular complexity index is 543. The third-order valence-corrected chi connectivity index (χ3v) is 5.94. The summed E-state index contributed by atoms with van der Waals surface area (Å²) in [4.78, 5) is 0.164. The molecular formula is C14H22N2O2S2. The first kappa shape index (κ1) is 15.8. The van der Waals surface area contributed by atoms with Crippen LogP contribution >= 0.6 is 11.8 Å². The van der Waals surface area contributed by atoms with E-state index in [1.165, 1.54) is 19.3 Å². The summed E-state index contributed by atoms with van der Waals surface area (Å²) in [7, 11) is -3.60. The summed E-state index contributed by atoms with van der Waals surface area (Å²) in [5.74, 6) is 0. The molecule has 0 spiro atoms. The first-order valence-electron chi connectivity index (χ1n) is 6.81. The summed E-state index contributed by atoms with van der Waals surface area (Å²) in [5, 5.41) is 9.49. The Balaban J connectivity index is 1.98. The highest BCUT2D eigenvalue weighted by atomic mass is 32.2. The topological polar surface area (TPSA) is 72.2 Å². The van der Waals surface area contributed by atoms with Crippen LogP contribution in [0.15, 0.2) is 29.2 Å². The molecule has 4 nitrogen and oxygen atoms in total. The van der Waals surface area contributed by atoms with Crippen molar-refractivity contribution < 1.29 is 8.42 Å². The first-order chi connectivity index (χ1) is 9.40. The highest BCUT2D eigenvalue weighted by Crippen LogP contribution is 2.29. The van der Waals surface area contributed by atoms with Crippen molar-refractivity contribution in [2.75, 3.05) is 6.26 Å². The lowest BCUT2D eigenvalue weighted by Gasteiger charge is -2.20. The number of hydrogen-bond acceptors (Lipinski definition) is 4. The van der Waals surface area contributed by atoms with Crippen LogP contribution in [0.5, 0.6) is 0 Å². The molecule has 0 aromatic heterocycles. The number of primary sulfonamides is 1. The lowest BCUT2D eigenvalue weighted by molar-refractivity contribution is 0.462. The van der Waals surface area contributed by atoms with Crippen molar-refractivity contribution >= 4 is 21.8 Å². The molecule has 3 atom stereocenters. The highest BCUT2D eigenvalue weighted by molar-refractivity contribution is 7.99. The van der Waals surface area contributed by atoms with E-state index in [2.05, 4.69) is 18.5 Å². The van der Waals surface area contributed by atoms with E-state index in [1.807, 2.05) is 23.9 Å². The van der Waals surface area contributed by atoms with E-state index in [4.69, 9.17) is 5.14 Å². The first-order valence-corrected chi connectivity index (χ1v) is 9.65. The van der Waals surface area contributed by atoms with Gasteiger partial charge >= 0.3 is 0 Å². The van der Waals surface area contributed by atoms with Crippen LogP contribution in [0.4, 0.5) is 0 Å². The summed E-state index contributed by atoms with van der Waals surface area (Å²) < 4.78 is 22.4. The van der Waals surface area contributed by atoms with Gasteiger partial charge in [0.1, 0.15) is 0 Å². The van der Waals surface area contributed by atoms with E-state index in [1.54, 1.807) is 12.1 Å². The fraction of sp³-hybridized carbons (Fsp3) is 0.571. The van der Waals surface area contributed by atoms with E-state index in [0.717, 1.165) is 10.8 Å². The normalized spacial score (nSPS) is 24.8. The van der Waals surface area contributed by atoms with Crippen LogP contribution < -0.4 is 10.5 Å². The van der Waals surface area contributed by atoms with Gasteiger partial charge < -0.3 is 5.32 Å². The van der Waals surface area contributed by atoms with Gasteiger partial charge in [0, 0.05) is 17.3 Å². The van der Waals surface area contributed by atoms with Gasteiger partial charge in [0.25, 0.3) is 0 Å². The van der Waals surface area contributed by atoms with Crippen LogP contribution in [0.25, 0.3) is 0 Å². The predicted octanol–water partition coefficient (Wildman–Crippen LogP) is 2.27. The van der Waals surface area contributed by atoms with Gasteiger partial charge in [-0.3, -0.25) is 0 Å². The molecule has 1 aromatic carbocycles. The number of benzene rings is 1. The summed E-state index contributed by atoms with van der Waals surface area (Å²) in [6, 6.07) is 7.58. The van der Waals surface area contributed by atoms with E-state index >= 15 is 0 Å². The monoisotopic (exact) mass is 314 g/mol. The maximum Gasteiger partial charge on any atom is 0.238 e. The summed E-state index contributed by atoms with van der Waals surface area (Å²) in [6.45, 7) is 2.11. The summed E-state index contributed by atoms with van der Waals surface area (Å²) >= 11 is 1.94. The van der Waals surface area contributed by atoms with Crippen molar-refractivity contribution in [3.63, 3.8) is 0 Å². The van der Waals surface area contributed by atoms with Crippen molar-refractivity contribution in [1.29, 1.82) is 0 Å². The van der Waals surface area contributed by atoms with Crippen LogP contribution in [0.1, 0.15) is 37.8 Å². The van der Waals surface area contributed by atoms with Crippen molar-refractivity contribution in [3.05, 3.63) is 29.8 Å². The molecule has 0 heterocycles. The molecule has 0 bridgehead atoms. The standard InChI is InChI=1S/C14H22N2O2S2/c1-10(16-12-5-6-13(9-12)19-2)11-3-7-14(8-4-11)20(15,17)18/h3-4,7-8,10,12-13,16H,5-6,9H2,1-2H3,(H2,15,17,18). The Morgan fingerprint density at radius 2 is 1.95 bits per heavy atom. The third kappa shape index (κ3) is 3.97. The molecule has 0 saturated heterocycles. The van der Waals surface area contributed by atoms with E-state index < -0.39 is 10.0 Å². The Kier molecular flexibility index (Phi) is 5.12. The average molecular weight is 314 g/mol. The zero-order valence-electron chi connectivity index (χ0n) is 11.9. The number of nitrogens with two attached hydrogens (primary N) is 1. The SMILES string of the molecule is CSC1CCC(NC(C)c2ccc(S(N)(=O)=O)cc2)C1. The Morgan fingerprint density at radius 1 is 1.30 bits per heavy atom. The lowest BCUT2D eigenvalue weighted by Crippen LogP contribution is -2.29. The smallest absolute Gasteiger partial charge is 0.238 e. The molecule has 1 aromatic rings. The van der Waals surface area contributed by atoms with Gasteiger partial charge in [0.05, 0.1) is 4.90 Å². The maximum atomic E-state index is 11.2. The number of sulfonamides is 1. The Labute approximate surface area is 125 Å². The van der Waals surface area contributed by atoms with Gasteiger partial charge in [-0.25, -0.2) is 13.6 Å². The Morgan fingerprint density at radius 3 is 2.45 bits per heavy atom. The molecule has 0 aliphatic heterocycles. The molecule has 1 saturated carbocycles. The number of rotatable bonds is 5. The molecule has 0 amide bonds. The molecule has 112 valence electrons. The lowest BCUT2D eigenvalue weighted by atomic mass is 10.1. The van der Waals surface area contributed by atoms with Crippen molar-refractivity contribution in [2.45, 2.75) is 48.4 Å². The minimum Gasteiger partial charge on any atom is -0.307 e. The highest BCUT2D eigenvalue weighted by Gasteiger charge is 2.25. The van der Waals surface area contributed by atoms with Crippen LogP contribution in [-0.2, 0) is 10.0 Å². The second kappa shape index (κ2) is 6.47. The molecule has 1 aliphatic carbocycles. The van der Waals surface area contributed by atoms with Gasteiger partial charge in [-0.05, 0) is 50.1 Å². The van der Waals surface area contributed by atoms with Crippen LogP contribution in [0.3, 0.4) is 0 Å². The molecule has 3 N–H and O–H groups in total. The second-order valence-electron chi connectivity index (χ2n) is 5.37. The third-order valence-electron chi connectivity index (χ3n) is 3.91. The van der Waals surface area contributed by atoms with Crippen molar-refractivity contribution in [1.82, 2.24) is 5.32 Å².